The van der Waals surface area contributed by atoms with Crippen molar-refractivity contribution in [3.63, 3.8) is 0 Å². The lowest BCUT2D eigenvalue weighted by Crippen LogP contribution is -2.22. The normalized spacial score (nSPS) is 11.5. The van der Waals surface area contributed by atoms with Crippen molar-refractivity contribution >= 4 is 29.0 Å². The molecule has 0 aromatic carbocycles. The zero-order chi connectivity index (χ0) is 19.3. The van der Waals surface area contributed by atoms with Crippen LogP contribution in [0.3, 0.4) is 0 Å². The van der Waals surface area contributed by atoms with Crippen molar-refractivity contribution in [3.05, 3.63) is 53.4 Å². The number of carbonyl (C=O) groups is 1. The van der Waals surface area contributed by atoms with Crippen LogP contribution in [-0.2, 0) is 17.5 Å². The average Bonchev–Trinajstić information content (AvgIpc) is 3.33. The van der Waals surface area contributed by atoms with Gasteiger partial charge in [0.15, 0.2) is 5.16 Å². The number of alkyl halides is 3. The van der Waals surface area contributed by atoms with Gasteiger partial charge in [0.05, 0.1) is 23.4 Å². The van der Waals surface area contributed by atoms with Gasteiger partial charge < -0.3 is 9.73 Å². The third-order valence-corrected chi connectivity index (χ3v) is 5.11. The molecule has 3 aromatic heterocycles. The third kappa shape index (κ3) is 5.57. The van der Waals surface area contributed by atoms with Crippen molar-refractivity contribution in [2.75, 3.05) is 5.75 Å². The molecule has 0 aliphatic rings. The number of nitrogens with zero attached hydrogens (tertiary/aromatic N) is 2. The summed E-state index contributed by atoms with van der Waals surface area (Å²) in [5, 5.41) is 4.43. The predicted octanol–water partition coefficient (Wildman–Crippen LogP) is 4.62. The van der Waals surface area contributed by atoms with Gasteiger partial charge in [-0.15, -0.1) is 11.3 Å². The molecule has 0 aliphatic heterocycles. The van der Waals surface area contributed by atoms with E-state index in [4.69, 9.17) is 4.42 Å². The van der Waals surface area contributed by atoms with Gasteiger partial charge in [0.1, 0.15) is 11.5 Å². The molecule has 142 valence electrons. The number of aromatic nitrogens is 2. The number of furan rings is 1. The number of nitrogens with one attached hydrogen (secondary N) is 1. The highest BCUT2D eigenvalue weighted by Gasteiger charge is 2.34. The van der Waals surface area contributed by atoms with E-state index in [0.717, 1.165) is 17.8 Å². The number of thioether (sulfide) groups is 1. The topological polar surface area (TPSA) is 68.0 Å². The average molecular weight is 413 g/mol. The molecule has 0 fully saturated rings. The van der Waals surface area contributed by atoms with E-state index in [0.29, 0.717) is 10.6 Å². The Kier molecular flexibility index (Phi) is 6.17. The Bertz CT molecular complexity index is 881. The number of hydrogen-bond donors (Lipinski definition) is 1. The van der Waals surface area contributed by atoms with Crippen LogP contribution >= 0.6 is 23.1 Å². The summed E-state index contributed by atoms with van der Waals surface area (Å²) in [5.74, 6) is 0.650. The molecule has 10 heteroatoms. The summed E-state index contributed by atoms with van der Waals surface area (Å²) in [4.78, 5) is 20.2. The van der Waals surface area contributed by atoms with Crippen LogP contribution in [0.15, 0.2) is 51.5 Å². The van der Waals surface area contributed by atoms with Crippen LogP contribution < -0.4 is 5.32 Å². The lowest BCUT2D eigenvalue weighted by molar-refractivity contribution is -0.141. The quantitative estimate of drug-likeness (QED) is 0.452. The van der Waals surface area contributed by atoms with Crippen molar-refractivity contribution < 1.29 is 22.4 Å². The second kappa shape index (κ2) is 8.57. The maximum absolute atomic E-state index is 13.1. The Morgan fingerprint density at radius 1 is 1.26 bits per heavy atom. The molecule has 27 heavy (non-hydrogen) atoms. The zero-order valence-corrected chi connectivity index (χ0v) is 15.5. The fraction of sp³-hybridized carbons (Fsp3) is 0.235. The van der Waals surface area contributed by atoms with Crippen LogP contribution in [0.2, 0.25) is 0 Å². The molecule has 5 nitrogen and oxygen atoms in total. The molecule has 0 radical (unpaired) electrons. The van der Waals surface area contributed by atoms with Gasteiger partial charge in [-0.3, -0.25) is 4.79 Å². The van der Waals surface area contributed by atoms with Gasteiger partial charge in [-0.1, -0.05) is 17.8 Å². The third-order valence-electron chi connectivity index (χ3n) is 3.37. The molecule has 1 amide bonds. The molecule has 0 aliphatic carbocycles. The summed E-state index contributed by atoms with van der Waals surface area (Å²) in [5.41, 5.74) is -0.775. The van der Waals surface area contributed by atoms with Crippen LogP contribution in [0, 0.1) is 0 Å². The van der Waals surface area contributed by atoms with E-state index in [1.54, 1.807) is 29.6 Å². The molecule has 3 rings (SSSR count). The van der Waals surface area contributed by atoms with Gasteiger partial charge in [0.25, 0.3) is 0 Å². The number of amides is 1. The first-order chi connectivity index (χ1) is 12.9. The molecule has 0 bridgehead atoms. The fourth-order valence-electron chi connectivity index (χ4n) is 2.11. The number of hydrogen-bond acceptors (Lipinski definition) is 6. The lowest BCUT2D eigenvalue weighted by Gasteiger charge is -2.09. The summed E-state index contributed by atoms with van der Waals surface area (Å²) in [6.45, 7) is 0.263. The van der Waals surface area contributed by atoms with E-state index in [1.165, 1.54) is 17.6 Å². The summed E-state index contributed by atoms with van der Waals surface area (Å²) in [6, 6.07) is 7.83. The molecule has 1 N–H and O–H groups in total. The highest BCUT2D eigenvalue weighted by atomic mass is 32.2. The first-order valence-electron chi connectivity index (χ1n) is 7.84. The molecule has 0 spiro atoms. The van der Waals surface area contributed by atoms with Crippen molar-refractivity contribution in [3.8, 4) is 10.6 Å². The Balaban J connectivity index is 1.62. The Labute approximate surface area is 161 Å². The van der Waals surface area contributed by atoms with Crippen molar-refractivity contribution in [2.24, 2.45) is 0 Å². The van der Waals surface area contributed by atoms with Gasteiger partial charge >= 0.3 is 6.18 Å². The van der Waals surface area contributed by atoms with Crippen LogP contribution in [-0.4, -0.2) is 21.6 Å². The first kappa shape index (κ1) is 19.4. The van der Waals surface area contributed by atoms with Crippen LogP contribution in [0.25, 0.3) is 10.6 Å². The lowest BCUT2D eigenvalue weighted by atomic mass is 10.3. The van der Waals surface area contributed by atoms with E-state index in [2.05, 4.69) is 15.3 Å². The smallest absolute Gasteiger partial charge is 0.433 e. The Morgan fingerprint density at radius 2 is 2.11 bits per heavy atom. The molecule has 3 aromatic rings. The summed E-state index contributed by atoms with van der Waals surface area (Å²) in [6.07, 6.45) is -2.93. The largest absolute Gasteiger partial charge is 0.467 e. The van der Waals surface area contributed by atoms with Gasteiger partial charge in [-0.05, 0) is 29.6 Å². The van der Waals surface area contributed by atoms with E-state index in [1.807, 2.05) is 0 Å². The van der Waals surface area contributed by atoms with Crippen molar-refractivity contribution in [1.29, 1.82) is 0 Å². The summed E-state index contributed by atoms with van der Waals surface area (Å²) >= 11 is 2.31. The molecule has 0 saturated heterocycles. The Morgan fingerprint density at radius 3 is 2.78 bits per heavy atom. The Hall–Kier alpha value is -2.33. The number of rotatable bonds is 7. The van der Waals surface area contributed by atoms with Gasteiger partial charge in [-0.2, -0.15) is 13.2 Å². The number of thiophene rings is 1. The minimum atomic E-state index is -4.56. The second-order valence-corrected chi connectivity index (χ2v) is 7.36. The molecule has 0 saturated carbocycles. The van der Waals surface area contributed by atoms with Crippen molar-refractivity contribution in [1.82, 2.24) is 15.3 Å². The molecular formula is C17H14F3N3O2S2. The zero-order valence-electron chi connectivity index (χ0n) is 13.8. The highest BCUT2D eigenvalue weighted by molar-refractivity contribution is 7.99. The molecule has 0 unspecified atom stereocenters. The standard InChI is InChI=1S/C17H14F3N3O2S2/c18-17(19,20)14-9-12(13-4-2-7-26-13)22-16(23-14)27-8-5-15(24)21-10-11-3-1-6-25-11/h1-4,6-7,9H,5,8,10H2,(H,21,24). The van der Waals surface area contributed by atoms with Crippen molar-refractivity contribution in [2.45, 2.75) is 24.3 Å². The fourth-order valence-corrected chi connectivity index (χ4v) is 3.59. The number of halogens is 3. The monoisotopic (exact) mass is 413 g/mol. The van der Waals surface area contributed by atoms with Gasteiger partial charge in [0.2, 0.25) is 5.91 Å². The summed E-state index contributed by atoms with van der Waals surface area (Å²) < 4.78 is 44.4. The maximum Gasteiger partial charge on any atom is 0.433 e. The predicted molar refractivity (Wildman–Crippen MR) is 96.2 cm³/mol. The van der Waals surface area contributed by atoms with E-state index in [9.17, 15) is 18.0 Å². The minimum Gasteiger partial charge on any atom is -0.467 e. The maximum atomic E-state index is 13.1. The van der Waals surface area contributed by atoms with Gasteiger partial charge in [0, 0.05) is 12.2 Å². The van der Waals surface area contributed by atoms with Gasteiger partial charge in [-0.25, -0.2) is 9.97 Å². The molecule has 0 atom stereocenters. The molecular weight excluding hydrogens is 399 g/mol. The summed E-state index contributed by atoms with van der Waals surface area (Å²) in [7, 11) is 0. The van der Waals surface area contributed by atoms with Crippen LogP contribution in [0.4, 0.5) is 13.2 Å². The first-order valence-corrected chi connectivity index (χ1v) is 9.70. The minimum absolute atomic E-state index is 0.00735. The van der Waals surface area contributed by atoms with E-state index >= 15 is 0 Å². The number of carbonyl (C=O) groups excluding carboxylic acids is 1. The highest BCUT2D eigenvalue weighted by Crippen LogP contribution is 2.33. The SMILES string of the molecule is O=C(CCSc1nc(-c2cccs2)cc(C(F)(F)F)n1)NCc1ccco1. The van der Waals surface area contributed by atoms with E-state index < -0.39 is 11.9 Å². The van der Waals surface area contributed by atoms with Crippen LogP contribution in [0.1, 0.15) is 17.9 Å². The molecule has 3 heterocycles. The van der Waals surface area contributed by atoms with E-state index in [-0.39, 0.29) is 35.5 Å². The van der Waals surface area contributed by atoms with Crippen LogP contribution in [0.5, 0.6) is 0 Å². The second-order valence-electron chi connectivity index (χ2n) is 5.35.